The summed E-state index contributed by atoms with van der Waals surface area (Å²) in [6.07, 6.45) is 8.37. The molecule has 3 nitrogen and oxygen atoms in total. The minimum Gasteiger partial charge on any atom is -0.466 e. The Kier molecular flexibility index (Phi) is 6.09. The van der Waals surface area contributed by atoms with E-state index in [-0.39, 0.29) is 5.97 Å². The second-order valence-corrected chi connectivity index (χ2v) is 3.84. The van der Waals surface area contributed by atoms with Gasteiger partial charge in [-0.1, -0.05) is 18.6 Å². The predicted molar refractivity (Wildman–Crippen MR) is 60.7 cm³/mol. The van der Waals surface area contributed by atoms with Crippen LogP contribution in [0.1, 0.15) is 32.6 Å². The Morgan fingerprint density at radius 1 is 1.27 bits per heavy atom. The fourth-order valence-corrected chi connectivity index (χ4v) is 1.77. The highest BCUT2D eigenvalue weighted by Gasteiger charge is 2.07. The van der Waals surface area contributed by atoms with Crippen LogP contribution in [0.4, 0.5) is 0 Å². The van der Waals surface area contributed by atoms with Gasteiger partial charge < -0.3 is 4.74 Å². The third-order valence-corrected chi connectivity index (χ3v) is 2.57. The molecule has 3 heteroatoms. The van der Waals surface area contributed by atoms with E-state index in [1.54, 1.807) is 0 Å². The van der Waals surface area contributed by atoms with E-state index in [4.69, 9.17) is 4.74 Å². The molecule has 1 heterocycles. The molecule has 1 fully saturated rings. The van der Waals surface area contributed by atoms with E-state index in [2.05, 4.69) is 11.0 Å². The van der Waals surface area contributed by atoms with Crippen molar-refractivity contribution in [2.45, 2.75) is 32.6 Å². The molecule has 0 unspecified atom stereocenters. The summed E-state index contributed by atoms with van der Waals surface area (Å²) in [4.78, 5) is 13.4. The first-order valence-corrected chi connectivity index (χ1v) is 5.86. The molecule has 0 aromatic rings. The van der Waals surface area contributed by atoms with Crippen molar-refractivity contribution in [2.75, 3.05) is 26.2 Å². The average Bonchev–Trinajstić information content (AvgIpc) is 2.26. The van der Waals surface area contributed by atoms with Gasteiger partial charge in [0.1, 0.15) is 0 Å². The van der Waals surface area contributed by atoms with Gasteiger partial charge in [-0.3, -0.25) is 9.69 Å². The second-order valence-electron chi connectivity index (χ2n) is 3.84. The van der Waals surface area contributed by atoms with Gasteiger partial charge in [-0.15, -0.1) is 0 Å². The van der Waals surface area contributed by atoms with Gasteiger partial charge in [0.25, 0.3) is 0 Å². The number of ether oxygens (including phenoxy) is 1. The van der Waals surface area contributed by atoms with Crippen molar-refractivity contribution in [3.63, 3.8) is 0 Å². The number of piperidine rings is 1. The SMILES string of the molecule is CCOC(=O)C/C=C/CN1CCCCC1. The maximum absolute atomic E-state index is 11.0. The van der Waals surface area contributed by atoms with Gasteiger partial charge in [0.05, 0.1) is 13.0 Å². The minimum absolute atomic E-state index is 0.132. The van der Waals surface area contributed by atoms with Crippen molar-refractivity contribution in [1.82, 2.24) is 4.90 Å². The molecule has 0 aromatic carbocycles. The molecule has 86 valence electrons. The van der Waals surface area contributed by atoms with Crippen molar-refractivity contribution in [2.24, 2.45) is 0 Å². The molecule has 1 rings (SSSR count). The molecular formula is C12H21NO2. The maximum Gasteiger partial charge on any atom is 0.309 e. The number of esters is 1. The molecule has 0 saturated carbocycles. The second kappa shape index (κ2) is 7.46. The lowest BCUT2D eigenvalue weighted by Crippen LogP contribution is -2.29. The van der Waals surface area contributed by atoms with Crippen LogP contribution in [0.15, 0.2) is 12.2 Å². The third-order valence-electron chi connectivity index (χ3n) is 2.57. The van der Waals surface area contributed by atoms with Crippen molar-refractivity contribution in [1.29, 1.82) is 0 Å². The Morgan fingerprint density at radius 3 is 2.67 bits per heavy atom. The molecule has 0 aromatic heterocycles. The van der Waals surface area contributed by atoms with E-state index < -0.39 is 0 Å². The molecule has 15 heavy (non-hydrogen) atoms. The van der Waals surface area contributed by atoms with Gasteiger partial charge in [-0.05, 0) is 32.9 Å². The van der Waals surface area contributed by atoms with E-state index >= 15 is 0 Å². The fraction of sp³-hybridized carbons (Fsp3) is 0.750. The molecule has 0 aliphatic carbocycles. The Labute approximate surface area is 92.1 Å². The zero-order valence-corrected chi connectivity index (χ0v) is 9.58. The summed E-state index contributed by atoms with van der Waals surface area (Å²) in [5, 5.41) is 0. The summed E-state index contributed by atoms with van der Waals surface area (Å²) >= 11 is 0. The summed E-state index contributed by atoms with van der Waals surface area (Å²) < 4.78 is 4.83. The first kappa shape index (κ1) is 12.2. The molecule has 1 aliphatic rings. The van der Waals surface area contributed by atoms with Crippen LogP contribution in [0.5, 0.6) is 0 Å². The van der Waals surface area contributed by atoms with Crippen LogP contribution in [-0.2, 0) is 9.53 Å². The lowest BCUT2D eigenvalue weighted by Gasteiger charge is -2.24. The summed E-state index contributed by atoms with van der Waals surface area (Å²) in [5.41, 5.74) is 0. The number of rotatable bonds is 5. The zero-order valence-electron chi connectivity index (χ0n) is 9.58. The van der Waals surface area contributed by atoms with Crippen LogP contribution in [0, 0.1) is 0 Å². The summed E-state index contributed by atoms with van der Waals surface area (Å²) in [6.45, 7) is 5.67. The third kappa shape index (κ3) is 5.57. The largest absolute Gasteiger partial charge is 0.466 e. The quantitative estimate of drug-likeness (QED) is 0.514. The van der Waals surface area contributed by atoms with Crippen LogP contribution in [0.25, 0.3) is 0 Å². The number of hydrogen-bond donors (Lipinski definition) is 0. The summed E-state index contributed by atoms with van der Waals surface area (Å²) in [6, 6.07) is 0. The van der Waals surface area contributed by atoms with E-state index in [1.165, 1.54) is 32.4 Å². The smallest absolute Gasteiger partial charge is 0.309 e. The van der Waals surface area contributed by atoms with Crippen molar-refractivity contribution in [3.8, 4) is 0 Å². The highest BCUT2D eigenvalue weighted by molar-refractivity contribution is 5.71. The number of carbonyl (C=O) groups is 1. The van der Waals surface area contributed by atoms with Gasteiger partial charge in [-0.2, -0.15) is 0 Å². The fourth-order valence-electron chi connectivity index (χ4n) is 1.77. The minimum atomic E-state index is -0.132. The van der Waals surface area contributed by atoms with E-state index in [0.717, 1.165) is 6.54 Å². The Balaban J connectivity index is 2.07. The standard InChI is InChI=1S/C12H21NO2/c1-2-15-12(14)8-4-7-11-13-9-5-3-6-10-13/h4,7H,2-3,5-6,8-11H2,1H3/b7-4+. The Morgan fingerprint density at radius 2 is 2.00 bits per heavy atom. The first-order valence-electron chi connectivity index (χ1n) is 5.86. The monoisotopic (exact) mass is 211 g/mol. The average molecular weight is 211 g/mol. The lowest BCUT2D eigenvalue weighted by molar-refractivity contribution is -0.142. The summed E-state index contributed by atoms with van der Waals surface area (Å²) in [5.74, 6) is -0.132. The van der Waals surface area contributed by atoms with E-state index in [0.29, 0.717) is 13.0 Å². The molecule has 0 spiro atoms. The number of carbonyl (C=O) groups excluding carboxylic acids is 1. The molecule has 0 amide bonds. The summed E-state index contributed by atoms with van der Waals surface area (Å²) in [7, 11) is 0. The van der Waals surface area contributed by atoms with Gasteiger partial charge in [0.15, 0.2) is 0 Å². The normalized spacial score (nSPS) is 18.2. The first-order chi connectivity index (χ1) is 7.33. The molecule has 1 aliphatic heterocycles. The number of likely N-dealkylation sites (tertiary alicyclic amines) is 1. The molecule has 0 N–H and O–H groups in total. The number of nitrogens with zero attached hydrogens (tertiary/aromatic N) is 1. The van der Waals surface area contributed by atoms with Crippen molar-refractivity contribution in [3.05, 3.63) is 12.2 Å². The van der Waals surface area contributed by atoms with Crippen LogP contribution < -0.4 is 0 Å². The van der Waals surface area contributed by atoms with Gasteiger partial charge in [0, 0.05) is 6.54 Å². The molecule has 0 bridgehead atoms. The van der Waals surface area contributed by atoms with Crippen LogP contribution in [0.2, 0.25) is 0 Å². The predicted octanol–water partition coefficient (Wildman–Crippen LogP) is 1.98. The lowest BCUT2D eigenvalue weighted by atomic mass is 10.1. The van der Waals surface area contributed by atoms with Gasteiger partial charge >= 0.3 is 5.97 Å². The van der Waals surface area contributed by atoms with Crippen molar-refractivity contribution >= 4 is 5.97 Å². The Bertz CT molecular complexity index is 208. The van der Waals surface area contributed by atoms with E-state index in [9.17, 15) is 4.79 Å². The van der Waals surface area contributed by atoms with Crippen molar-refractivity contribution < 1.29 is 9.53 Å². The van der Waals surface area contributed by atoms with Crippen LogP contribution >= 0.6 is 0 Å². The molecule has 1 saturated heterocycles. The highest BCUT2D eigenvalue weighted by Crippen LogP contribution is 2.07. The molecule has 0 atom stereocenters. The van der Waals surface area contributed by atoms with Crippen LogP contribution in [0.3, 0.4) is 0 Å². The molecular weight excluding hydrogens is 190 g/mol. The van der Waals surface area contributed by atoms with Gasteiger partial charge in [-0.25, -0.2) is 0 Å². The number of hydrogen-bond acceptors (Lipinski definition) is 3. The van der Waals surface area contributed by atoms with Gasteiger partial charge in [0.2, 0.25) is 0 Å². The highest BCUT2D eigenvalue weighted by atomic mass is 16.5. The zero-order chi connectivity index (χ0) is 10.9. The Hall–Kier alpha value is -0.830. The topological polar surface area (TPSA) is 29.5 Å². The van der Waals surface area contributed by atoms with Crippen LogP contribution in [-0.4, -0.2) is 37.1 Å². The van der Waals surface area contributed by atoms with E-state index in [1.807, 2.05) is 13.0 Å². The maximum atomic E-state index is 11.0. The molecule has 0 radical (unpaired) electrons.